The first-order valence-electron chi connectivity index (χ1n) is 10.5. The van der Waals surface area contributed by atoms with Crippen LogP contribution in [0.2, 0.25) is 0 Å². The van der Waals surface area contributed by atoms with Crippen molar-refractivity contribution in [3.63, 3.8) is 0 Å². The molecule has 8 heteroatoms. The van der Waals surface area contributed by atoms with Crippen molar-refractivity contribution in [3.8, 4) is 11.5 Å². The number of methoxy groups -OCH3 is 1. The van der Waals surface area contributed by atoms with E-state index in [0.717, 1.165) is 49.4 Å². The molecule has 1 aliphatic carbocycles. The Bertz CT molecular complexity index is 972. The van der Waals surface area contributed by atoms with Crippen LogP contribution in [0.15, 0.2) is 47.2 Å². The molecule has 2 fully saturated rings. The second kappa shape index (κ2) is 8.29. The van der Waals surface area contributed by atoms with Crippen LogP contribution in [-0.2, 0) is 17.9 Å². The minimum absolute atomic E-state index is 0.0268. The summed E-state index contributed by atoms with van der Waals surface area (Å²) in [7, 11) is 1.64. The molecule has 1 saturated heterocycles. The number of fused-ring (bicyclic) bond motifs is 1. The fraction of sp³-hybridized carbons (Fsp3) is 0.500. The van der Waals surface area contributed by atoms with Crippen LogP contribution in [0.3, 0.4) is 0 Å². The molecule has 30 heavy (non-hydrogen) atoms. The van der Waals surface area contributed by atoms with Gasteiger partial charge in [0, 0.05) is 32.3 Å². The Kier molecular flexibility index (Phi) is 5.37. The van der Waals surface area contributed by atoms with Crippen LogP contribution in [0.4, 0.5) is 0 Å². The van der Waals surface area contributed by atoms with E-state index >= 15 is 0 Å². The highest BCUT2D eigenvalue weighted by Crippen LogP contribution is 2.41. The lowest BCUT2D eigenvalue weighted by molar-refractivity contribution is 0.0298. The number of ether oxygens (including phenoxy) is 1. The molecule has 8 nitrogen and oxygen atoms in total. The molecule has 3 aromatic rings. The van der Waals surface area contributed by atoms with Gasteiger partial charge in [0.2, 0.25) is 5.89 Å². The molecular weight excluding hydrogens is 382 g/mol. The fourth-order valence-corrected chi connectivity index (χ4v) is 4.93. The lowest BCUT2D eigenvalue weighted by Gasteiger charge is -2.35. The average Bonchev–Trinajstić information content (AvgIpc) is 3.48. The van der Waals surface area contributed by atoms with Gasteiger partial charge in [-0.05, 0) is 36.8 Å². The van der Waals surface area contributed by atoms with Gasteiger partial charge in [-0.3, -0.25) is 4.90 Å². The molecule has 0 radical (unpaired) electrons. The zero-order valence-electron chi connectivity index (χ0n) is 17.1. The van der Waals surface area contributed by atoms with Crippen molar-refractivity contribution in [1.82, 2.24) is 24.9 Å². The van der Waals surface area contributed by atoms with E-state index in [0.29, 0.717) is 24.3 Å². The maximum absolute atomic E-state index is 10.7. The molecule has 4 atom stereocenters. The van der Waals surface area contributed by atoms with Gasteiger partial charge >= 0.3 is 0 Å². The minimum atomic E-state index is -0.403. The van der Waals surface area contributed by atoms with E-state index in [1.807, 2.05) is 41.2 Å². The molecule has 1 N–H and O–H groups in total. The molecule has 2 aliphatic rings. The predicted molar refractivity (Wildman–Crippen MR) is 109 cm³/mol. The highest BCUT2D eigenvalue weighted by molar-refractivity contribution is 5.52. The molecule has 0 spiro atoms. The first-order chi connectivity index (χ1) is 14.7. The predicted octanol–water partition coefficient (Wildman–Crippen LogP) is 2.52. The van der Waals surface area contributed by atoms with E-state index in [1.165, 1.54) is 0 Å². The van der Waals surface area contributed by atoms with Crippen molar-refractivity contribution in [2.75, 3.05) is 20.2 Å². The molecular formula is C22H27N5O3. The molecule has 3 heterocycles. The first-order valence-corrected chi connectivity index (χ1v) is 10.5. The third-order valence-corrected chi connectivity index (χ3v) is 6.33. The van der Waals surface area contributed by atoms with Gasteiger partial charge in [-0.15, -0.1) is 5.10 Å². The zero-order valence-corrected chi connectivity index (χ0v) is 17.1. The van der Waals surface area contributed by atoms with Crippen molar-refractivity contribution in [2.24, 2.45) is 11.8 Å². The number of hydrogen-bond acceptors (Lipinski definition) is 7. The summed E-state index contributed by atoms with van der Waals surface area (Å²) in [6.45, 7) is 3.19. The highest BCUT2D eigenvalue weighted by Gasteiger charge is 2.42. The van der Waals surface area contributed by atoms with Crippen molar-refractivity contribution in [1.29, 1.82) is 0 Å². The largest absolute Gasteiger partial charge is 0.444 e. The van der Waals surface area contributed by atoms with Gasteiger partial charge in [-0.2, -0.15) is 0 Å². The number of nitrogens with zero attached hydrogens (tertiary/aromatic N) is 5. The Morgan fingerprint density at radius 2 is 1.93 bits per heavy atom. The first kappa shape index (κ1) is 19.4. The van der Waals surface area contributed by atoms with Gasteiger partial charge in [0.1, 0.15) is 12.0 Å². The van der Waals surface area contributed by atoms with E-state index in [1.54, 1.807) is 13.4 Å². The van der Waals surface area contributed by atoms with E-state index in [2.05, 4.69) is 20.2 Å². The van der Waals surface area contributed by atoms with Crippen molar-refractivity contribution >= 4 is 0 Å². The van der Waals surface area contributed by atoms with Crippen molar-refractivity contribution in [3.05, 3.63) is 54.2 Å². The summed E-state index contributed by atoms with van der Waals surface area (Å²) in [5, 5.41) is 19.1. The topological polar surface area (TPSA) is 89.4 Å². The quantitative estimate of drug-likeness (QED) is 0.669. The number of likely N-dealkylation sites (tertiary alicyclic amines) is 1. The second-order valence-corrected chi connectivity index (χ2v) is 8.45. The van der Waals surface area contributed by atoms with Crippen LogP contribution in [-0.4, -0.2) is 56.3 Å². The molecule has 0 amide bonds. The lowest BCUT2D eigenvalue weighted by atomic mass is 9.77. The Morgan fingerprint density at radius 3 is 2.73 bits per heavy atom. The lowest BCUT2D eigenvalue weighted by Crippen LogP contribution is -2.36. The molecule has 5 rings (SSSR count). The van der Waals surface area contributed by atoms with Crippen molar-refractivity contribution < 1.29 is 14.3 Å². The number of rotatable bonds is 6. The van der Waals surface area contributed by atoms with Crippen LogP contribution in [0.1, 0.15) is 30.3 Å². The molecule has 2 aromatic heterocycles. The SMILES string of the molecule is COCc1cn([C@@H]2C[C@@H]3CN(Cc4coc(-c5ccccc5)n4)C[C@@H]3C[C@H]2O)nn1. The molecule has 1 aliphatic heterocycles. The Hall–Kier alpha value is -2.55. The second-order valence-electron chi connectivity index (χ2n) is 8.45. The van der Waals surface area contributed by atoms with Gasteiger partial charge in [0.25, 0.3) is 0 Å². The summed E-state index contributed by atoms with van der Waals surface area (Å²) >= 11 is 0. The summed E-state index contributed by atoms with van der Waals surface area (Å²) in [5.74, 6) is 1.70. The third-order valence-electron chi connectivity index (χ3n) is 6.33. The van der Waals surface area contributed by atoms with Gasteiger partial charge in [-0.1, -0.05) is 23.4 Å². The normalized spacial score (nSPS) is 26.7. The smallest absolute Gasteiger partial charge is 0.226 e. The maximum atomic E-state index is 10.7. The number of aliphatic hydroxyl groups is 1. The summed E-state index contributed by atoms with van der Waals surface area (Å²) in [5.41, 5.74) is 2.73. The number of hydrogen-bond donors (Lipinski definition) is 1. The zero-order chi connectivity index (χ0) is 20.5. The molecule has 1 saturated carbocycles. The van der Waals surface area contributed by atoms with Gasteiger partial charge in [0.05, 0.1) is 30.6 Å². The minimum Gasteiger partial charge on any atom is -0.444 e. The Balaban J connectivity index is 1.22. The van der Waals surface area contributed by atoms with Crippen LogP contribution >= 0.6 is 0 Å². The van der Waals surface area contributed by atoms with E-state index in [-0.39, 0.29) is 6.04 Å². The highest BCUT2D eigenvalue weighted by atomic mass is 16.5. The van der Waals surface area contributed by atoms with Crippen LogP contribution in [0, 0.1) is 11.8 Å². The molecule has 0 unspecified atom stereocenters. The molecule has 158 valence electrons. The molecule has 1 aromatic carbocycles. The summed E-state index contributed by atoms with van der Waals surface area (Å²) in [6.07, 6.45) is 4.95. The van der Waals surface area contributed by atoms with Crippen molar-refractivity contribution in [2.45, 2.75) is 38.1 Å². The van der Waals surface area contributed by atoms with E-state index < -0.39 is 6.10 Å². The number of aromatic nitrogens is 4. The Labute approximate surface area is 175 Å². The number of oxazole rings is 1. The average molecular weight is 409 g/mol. The summed E-state index contributed by atoms with van der Waals surface area (Å²) in [4.78, 5) is 7.09. The fourth-order valence-electron chi connectivity index (χ4n) is 4.93. The van der Waals surface area contributed by atoms with E-state index in [4.69, 9.17) is 9.15 Å². The number of aliphatic hydroxyl groups excluding tert-OH is 1. The summed E-state index contributed by atoms with van der Waals surface area (Å²) < 4.78 is 12.6. The monoisotopic (exact) mass is 409 g/mol. The summed E-state index contributed by atoms with van der Waals surface area (Å²) in [6, 6.07) is 9.94. The molecule has 0 bridgehead atoms. The van der Waals surface area contributed by atoms with E-state index in [9.17, 15) is 5.11 Å². The Morgan fingerprint density at radius 1 is 1.13 bits per heavy atom. The van der Waals surface area contributed by atoms with Gasteiger partial charge in [0.15, 0.2) is 0 Å². The number of benzene rings is 1. The standard InChI is InChI=1S/C22H27N5O3/c1-29-13-19-12-27(25-24-19)20-7-16-9-26(10-17(16)8-21(20)28)11-18-14-30-22(23-18)15-5-3-2-4-6-15/h2-6,12,14,16-17,20-21,28H,7-11,13H2,1H3/t16-,17+,20-,21-/m1/s1. The maximum Gasteiger partial charge on any atom is 0.226 e. The third kappa shape index (κ3) is 3.90. The van der Waals surface area contributed by atoms with Gasteiger partial charge < -0.3 is 14.3 Å². The van der Waals surface area contributed by atoms with Crippen LogP contribution < -0.4 is 0 Å². The van der Waals surface area contributed by atoms with Crippen LogP contribution in [0.25, 0.3) is 11.5 Å². The van der Waals surface area contributed by atoms with Gasteiger partial charge in [-0.25, -0.2) is 9.67 Å². The van der Waals surface area contributed by atoms with Crippen LogP contribution in [0.5, 0.6) is 0 Å².